The Morgan fingerprint density at radius 1 is 1.28 bits per heavy atom. The van der Waals surface area contributed by atoms with Gasteiger partial charge in [0.25, 0.3) is 0 Å². The van der Waals surface area contributed by atoms with Crippen LogP contribution in [0.1, 0.15) is 37.7 Å². The Labute approximate surface area is 112 Å². The van der Waals surface area contributed by atoms with Gasteiger partial charge in [0.2, 0.25) is 0 Å². The zero-order valence-electron chi connectivity index (χ0n) is 10.6. The SMILES string of the molecule is Cn1nc(Cl)c2cccc(C3(N)CCCCC3)c21. The van der Waals surface area contributed by atoms with Crippen LogP contribution in [0.5, 0.6) is 0 Å². The molecule has 0 saturated heterocycles. The van der Waals surface area contributed by atoms with Crippen LogP contribution in [0.3, 0.4) is 0 Å². The fourth-order valence-electron chi connectivity index (χ4n) is 3.15. The van der Waals surface area contributed by atoms with Gasteiger partial charge >= 0.3 is 0 Å². The highest BCUT2D eigenvalue weighted by Crippen LogP contribution is 2.39. The maximum atomic E-state index is 6.64. The lowest BCUT2D eigenvalue weighted by atomic mass is 9.77. The van der Waals surface area contributed by atoms with Crippen LogP contribution in [-0.4, -0.2) is 9.78 Å². The van der Waals surface area contributed by atoms with E-state index in [2.05, 4.69) is 11.2 Å². The number of nitrogens with zero attached hydrogens (tertiary/aromatic N) is 2. The van der Waals surface area contributed by atoms with E-state index in [0.29, 0.717) is 5.15 Å². The van der Waals surface area contributed by atoms with E-state index in [0.717, 1.165) is 23.7 Å². The molecule has 3 rings (SSSR count). The molecule has 1 aromatic heterocycles. The lowest BCUT2D eigenvalue weighted by Gasteiger charge is -2.34. The first-order chi connectivity index (χ1) is 8.62. The number of benzene rings is 1. The van der Waals surface area contributed by atoms with Gasteiger partial charge in [-0.15, -0.1) is 0 Å². The molecule has 0 amide bonds. The van der Waals surface area contributed by atoms with Crippen LogP contribution in [0.2, 0.25) is 5.15 Å². The number of fused-ring (bicyclic) bond motifs is 1. The van der Waals surface area contributed by atoms with Crippen LogP contribution in [0.4, 0.5) is 0 Å². The number of nitrogens with two attached hydrogens (primary N) is 1. The molecule has 1 saturated carbocycles. The van der Waals surface area contributed by atoms with Crippen molar-refractivity contribution in [2.75, 3.05) is 0 Å². The van der Waals surface area contributed by atoms with E-state index in [4.69, 9.17) is 17.3 Å². The minimum Gasteiger partial charge on any atom is -0.321 e. The molecular formula is C14H18ClN3. The van der Waals surface area contributed by atoms with Gasteiger partial charge < -0.3 is 5.73 Å². The lowest BCUT2D eigenvalue weighted by Crippen LogP contribution is -2.39. The van der Waals surface area contributed by atoms with Gasteiger partial charge in [-0.2, -0.15) is 5.10 Å². The molecule has 1 aliphatic rings. The monoisotopic (exact) mass is 263 g/mol. The molecule has 0 bridgehead atoms. The Balaban J connectivity index is 2.22. The molecule has 0 spiro atoms. The van der Waals surface area contributed by atoms with Crippen LogP contribution in [0.15, 0.2) is 18.2 Å². The van der Waals surface area contributed by atoms with Crippen molar-refractivity contribution in [2.24, 2.45) is 12.8 Å². The largest absolute Gasteiger partial charge is 0.321 e. The Kier molecular flexibility index (Phi) is 2.83. The number of aryl methyl sites for hydroxylation is 1. The third-order valence-corrected chi connectivity index (χ3v) is 4.38. The first-order valence-corrected chi connectivity index (χ1v) is 6.90. The number of para-hydroxylation sites is 1. The molecule has 0 aliphatic heterocycles. The second-order valence-corrected chi connectivity index (χ2v) is 5.69. The maximum absolute atomic E-state index is 6.64. The molecule has 4 heteroatoms. The number of hydrogen-bond acceptors (Lipinski definition) is 2. The van der Waals surface area contributed by atoms with Crippen LogP contribution < -0.4 is 5.73 Å². The van der Waals surface area contributed by atoms with E-state index in [1.165, 1.54) is 24.8 Å². The second kappa shape index (κ2) is 4.25. The summed E-state index contributed by atoms with van der Waals surface area (Å²) < 4.78 is 1.86. The summed E-state index contributed by atoms with van der Waals surface area (Å²) in [6.07, 6.45) is 5.81. The summed E-state index contributed by atoms with van der Waals surface area (Å²) in [7, 11) is 1.93. The molecular weight excluding hydrogens is 246 g/mol. The fourth-order valence-corrected chi connectivity index (χ4v) is 3.41. The van der Waals surface area contributed by atoms with E-state index in [-0.39, 0.29) is 5.54 Å². The highest BCUT2D eigenvalue weighted by atomic mass is 35.5. The van der Waals surface area contributed by atoms with Gasteiger partial charge in [-0.05, 0) is 24.5 Å². The predicted molar refractivity (Wildman–Crippen MR) is 74.7 cm³/mol. The Hall–Kier alpha value is -1.06. The van der Waals surface area contributed by atoms with E-state index in [9.17, 15) is 0 Å². The van der Waals surface area contributed by atoms with Crippen LogP contribution in [0, 0.1) is 0 Å². The third kappa shape index (κ3) is 1.73. The van der Waals surface area contributed by atoms with Gasteiger partial charge in [0.15, 0.2) is 5.15 Å². The predicted octanol–water partition coefficient (Wildman–Crippen LogP) is 3.34. The topological polar surface area (TPSA) is 43.8 Å². The Bertz CT molecular complexity index is 582. The van der Waals surface area contributed by atoms with Gasteiger partial charge in [0, 0.05) is 18.0 Å². The van der Waals surface area contributed by atoms with E-state index in [1.807, 2.05) is 23.9 Å². The number of hydrogen-bond donors (Lipinski definition) is 1. The van der Waals surface area contributed by atoms with Crippen LogP contribution in [0.25, 0.3) is 10.9 Å². The lowest BCUT2D eigenvalue weighted by molar-refractivity contribution is 0.303. The highest BCUT2D eigenvalue weighted by molar-refractivity contribution is 6.34. The summed E-state index contributed by atoms with van der Waals surface area (Å²) in [5.41, 5.74) is 8.71. The second-order valence-electron chi connectivity index (χ2n) is 5.33. The summed E-state index contributed by atoms with van der Waals surface area (Å²) in [6, 6.07) is 6.18. The number of aromatic nitrogens is 2. The number of rotatable bonds is 1. The molecule has 0 unspecified atom stereocenters. The normalized spacial score (nSPS) is 19.3. The molecule has 1 aliphatic carbocycles. The zero-order valence-corrected chi connectivity index (χ0v) is 11.4. The van der Waals surface area contributed by atoms with Gasteiger partial charge in [-0.1, -0.05) is 43.0 Å². The molecule has 2 aromatic rings. The minimum atomic E-state index is -0.213. The van der Waals surface area contributed by atoms with Crippen LogP contribution in [-0.2, 0) is 12.6 Å². The van der Waals surface area contributed by atoms with Crippen molar-refractivity contribution in [1.29, 1.82) is 0 Å². The van der Waals surface area contributed by atoms with Crippen molar-refractivity contribution in [2.45, 2.75) is 37.6 Å². The Morgan fingerprint density at radius 2 is 2.00 bits per heavy atom. The molecule has 0 radical (unpaired) electrons. The average Bonchev–Trinajstić information content (AvgIpc) is 2.66. The fraction of sp³-hybridized carbons (Fsp3) is 0.500. The Morgan fingerprint density at radius 3 is 2.72 bits per heavy atom. The number of halogens is 1. The molecule has 0 atom stereocenters. The van der Waals surface area contributed by atoms with Crippen molar-refractivity contribution >= 4 is 22.5 Å². The van der Waals surface area contributed by atoms with Crippen molar-refractivity contribution in [1.82, 2.24) is 9.78 Å². The molecule has 1 heterocycles. The molecule has 3 nitrogen and oxygen atoms in total. The summed E-state index contributed by atoms with van der Waals surface area (Å²) in [4.78, 5) is 0. The van der Waals surface area contributed by atoms with E-state index >= 15 is 0 Å². The van der Waals surface area contributed by atoms with Crippen molar-refractivity contribution < 1.29 is 0 Å². The van der Waals surface area contributed by atoms with Crippen LogP contribution >= 0.6 is 11.6 Å². The van der Waals surface area contributed by atoms with Gasteiger partial charge in [0.1, 0.15) is 0 Å². The average molecular weight is 264 g/mol. The summed E-state index contributed by atoms with van der Waals surface area (Å²) in [5, 5.41) is 5.87. The molecule has 1 fully saturated rings. The van der Waals surface area contributed by atoms with Crippen molar-refractivity contribution in [3.8, 4) is 0 Å². The standard InChI is InChI=1S/C14H18ClN3/c1-18-12-10(13(15)17-18)6-5-7-11(12)14(16)8-3-2-4-9-14/h5-7H,2-4,8-9,16H2,1H3. The maximum Gasteiger partial charge on any atom is 0.158 e. The first-order valence-electron chi connectivity index (χ1n) is 6.52. The summed E-state index contributed by atoms with van der Waals surface area (Å²) in [5.74, 6) is 0. The van der Waals surface area contributed by atoms with E-state index in [1.54, 1.807) is 0 Å². The quantitative estimate of drug-likeness (QED) is 0.858. The molecule has 1 aromatic carbocycles. The summed E-state index contributed by atoms with van der Waals surface area (Å²) >= 11 is 6.16. The smallest absolute Gasteiger partial charge is 0.158 e. The highest BCUT2D eigenvalue weighted by Gasteiger charge is 2.32. The van der Waals surface area contributed by atoms with Crippen molar-refractivity contribution in [3.63, 3.8) is 0 Å². The molecule has 96 valence electrons. The van der Waals surface area contributed by atoms with Crippen molar-refractivity contribution in [3.05, 3.63) is 28.9 Å². The van der Waals surface area contributed by atoms with E-state index < -0.39 is 0 Å². The zero-order chi connectivity index (χ0) is 12.8. The van der Waals surface area contributed by atoms with Gasteiger partial charge in [-0.25, -0.2) is 0 Å². The summed E-state index contributed by atoms with van der Waals surface area (Å²) in [6.45, 7) is 0. The molecule has 18 heavy (non-hydrogen) atoms. The minimum absolute atomic E-state index is 0.213. The van der Waals surface area contributed by atoms with Gasteiger partial charge in [0.05, 0.1) is 5.52 Å². The molecule has 2 N–H and O–H groups in total. The van der Waals surface area contributed by atoms with Gasteiger partial charge in [-0.3, -0.25) is 4.68 Å². The third-order valence-electron chi connectivity index (χ3n) is 4.10. The first kappa shape index (κ1) is 12.0.